The Kier molecular flexibility index (Phi) is 5.24. The van der Waals surface area contributed by atoms with E-state index >= 15 is 0 Å². The third-order valence-corrected chi connectivity index (χ3v) is 3.81. The molecule has 0 fully saturated rings. The van der Waals surface area contributed by atoms with Gasteiger partial charge in [0.25, 0.3) is 0 Å². The second kappa shape index (κ2) is 7.14. The van der Waals surface area contributed by atoms with Gasteiger partial charge in [-0.25, -0.2) is 0 Å². The highest BCUT2D eigenvalue weighted by Crippen LogP contribution is 2.31. The Hall–Kier alpha value is -1.99. The highest BCUT2D eigenvalue weighted by Gasteiger charge is 2.12. The molecule has 0 saturated carbocycles. The van der Waals surface area contributed by atoms with Crippen molar-refractivity contribution in [3.8, 4) is 11.8 Å². The van der Waals surface area contributed by atoms with Gasteiger partial charge in [-0.3, -0.25) is 0 Å². The lowest BCUT2D eigenvalue weighted by Crippen LogP contribution is -2.09. The average Bonchev–Trinajstić information content (AvgIpc) is 2.50. The molecule has 0 amide bonds. The Labute approximate surface area is 133 Å². The van der Waals surface area contributed by atoms with E-state index in [0.29, 0.717) is 12.2 Å². The third kappa shape index (κ3) is 3.77. The maximum atomic E-state index is 8.90. The van der Waals surface area contributed by atoms with E-state index in [4.69, 9.17) is 10.00 Å². The van der Waals surface area contributed by atoms with Crippen LogP contribution in [-0.2, 0) is 0 Å². The quantitative estimate of drug-likeness (QED) is 0.839. The molecule has 0 aliphatic carbocycles. The summed E-state index contributed by atoms with van der Waals surface area (Å²) < 4.78 is 6.54. The summed E-state index contributed by atoms with van der Waals surface area (Å²) in [7, 11) is 0. The molecule has 0 aliphatic heterocycles. The standard InChI is InChI=1S/C17H17BrN2O/c1-3-21-17-7-5-4-6-14(17)12(2)20-16-9-8-13(11-19)10-15(16)18/h4-10,12,20H,3H2,1-2H3. The molecule has 1 unspecified atom stereocenters. The fourth-order valence-electron chi connectivity index (χ4n) is 2.14. The van der Waals surface area contributed by atoms with E-state index in [-0.39, 0.29) is 6.04 Å². The fourth-order valence-corrected chi connectivity index (χ4v) is 2.63. The monoisotopic (exact) mass is 344 g/mol. The van der Waals surface area contributed by atoms with Crippen LogP contribution in [0.5, 0.6) is 5.75 Å². The molecule has 0 saturated heterocycles. The van der Waals surface area contributed by atoms with Crippen LogP contribution in [0.1, 0.15) is 31.0 Å². The van der Waals surface area contributed by atoms with Crippen molar-refractivity contribution in [1.82, 2.24) is 0 Å². The van der Waals surface area contributed by atoms with Crippen LogP contribution >= 0.6 is 15.9 Å². The Morgan fingerprint density at radius 1 is 1.29 bits per heavy atom. The first-order chi connectivity index (χ1) is 10.2. The first-order valence-corrected chi connectivity index (χ1v) is 7.63. The van der Waals surface area contributed by atoms with Crippen LogP contribution in [0.25, 0.3) is 0 Å². The van der Waals surface area contributed by atoms with Crippen molar-refractivity contribution < 1.29 is 4.74 Å². The average molecular weight is 345 g/mol. The summed E-state index contributed by atoms with van der Waals surface area (Å²) in [5.74, 6) is 0.893. The molecule has 4 heteroatoms. The second-order valence-corrected chi connectivity index (χ2v) is 5.50. The zero-order valence-corrected chi connectivity index (χ0v) is 13.6. The molecule has 3 nitrogen and oxygen atoms in total. The van der Waals surface area contributed by atoms with Gasteiger partial charge in [-0.15, -0.1) is 0 Å². The number of anilines is 1. The summed E-state index contributed by atoms with van der Waals surface area (Å²) in [4.78, 5) is 0. The van der Waals surface area contributed by atoms with E-state index < -0.39 is 0 Å². The van der Waals surface area contributed by atoms with E-state index in [0.717, 1.165) is 21.5 Å². The number of nitrogens with zero attached hydrogens (tertiary/aromatic N) is 1. The van der Waals surface area contributed by atoms with Crippen molar-refractivity contribution in [2.75, 3.05) is 11.9 Å². The van der Waals surface area contributed by atoms with Gasteiger partial charge in [0.15, 0.2) is 0 Å². The van der Waals surface area contributed by atoms with Crippen molar-refractivity contribution in [2.24, 2.45) is 0 Å². The van der Waals surface area contributed by atoms with Gasteiger partial charge in [0.2, 0.25) is 0 Å². The van der Waals surface area contributed by atoms with Crippen LogP contribution in [0.3, 0.4) is 0 Å². The topological polar surface area (TPSA) is 45.0 Å². The number of halogens is 1. The summed E-state index contributed by atoms with van der Waals surface area (Å²) in [6.07, 6.45) is 0. The SMILES string of the molecule is CCOc1ccccc1C(C)Nc1ccc(C#N)cc1Br. The zero-order chi connectivity index (χ0) is 15.2. The molecular weight excluding hydrogens is 328 g/mol. The first-order valence-electron chi connectivity index (χ1n) is 6.83. The van der Waals surface area contributed by atoms with Gasteiger partial charge in [0.05, 0.1) is 24.3 Å². The van der Waals surface area contributed by atoms with Crippen LogP contribution in [0.4, 0.5) is 5.69 Å². The molecule has 0 heterocycles. The molecule has 1 N–H and O–H groups in total. The summed E-state index contributed by atoms with van der Waals surface area (Å²) in [5, 5.41) is 12.3. The van der Waals surface area contributed by atoms with Crippen LogP contribution < -0.4 is 10.1 Å². The predicted octanol–water partition coefficient (Wildman–Crippen LogP) is 4.89. The Morgan fingerprint density at radius 2 is 2.05 bits per heavy atom. The molecule has 0 radical (unpaired) electrons. The fraction of sp³-hybridized carbons (Fsp3) is 0.235. The number of benzene rings is 2. The minimum Gasteiger partial charge on any atom is -0.494 e. The van der Waals surface area contributed by atoms with Crippen LogP contribution in [0, 0.1) is 11.3 Å². The van der Waals surface area contributed by atoms with Crippen molar-refractivity contribution in [3.63, 3.8) is 0 Å². The molecular formula is C17H17BrN2O. The van der Waals surface area contributed by atoms with Gasteiger partial charge in [0.1, 0.15) is 5.75 Å². The van der Waals surface area contributed by atoms with Gasteiger partial charge < -0.3 is 10.1 Å². The molecule has 0 aromatic heterocycles. The maximum absolute atomic E-state index is 8.90. The van der Waals surface area contributed by atoms with E-state index in [1.807, 2.05) is 37.3 Å². The number of para-hydroxylation sites is 1. The highest BCUT2D eigenvalue weighted by atomic mass is 79.9. The molecule has 2 aromatic carbocycles. The van der Waals surface area contributed by atoms with Gasteiger partial charge in [0, 0.05) is 15.7 Å². The molecule has 0 spiro atoms. The Bertz CT molecular complexity index is 664. The molecule has 108 valence electrons. The molecule has 2 rings (SSSR count). The minimum atomic E-state index is 0.0944. The molecule has 1 atom stereocenters. The van der Waals surface area contributed by atoms with Gasteiger partial charge >= 0.3 is 0 Å². The van der Waals surface area contributed by atoms with Crippen LogP contribution in [-0.4, -0.2) is 6.61 Å². The summed E-state index contributed by atoms with van der Waals surface area (Å²) in [6, 6.07) is 15.7. The third-order valence-electron chi connectivity index (χ3n) is 3.16. The molecule has 0 bridgehead atoms. The van der Waals surface area contributed by atoms with Crippen molar-refractivity contribution in [2.45, 2.75) is 19.9 Å². The van der Waals surface area contributed by atoms with Crippen molar-refractivity contribution >= 4 is 21.6 Å². The largest absolute Gasteiger partial charge is 0.494 e. The lowest BCUT2D eigenvalue weighted by molar-refractivity contribution is 0.335. The smallest absolute Gasteiger partial charge is 0.124 e. The highest BCUT2D eigenvalue weighted by molar-refractivity contribution is 9.10. The van der Waals surface area contributed by atoms with Gasteiger partial charge in [-0.2, -0.15) is 5.26 Å². The Morgan fingerprint density at radius 3 is 2.71 bits per heavy atom. The van der Waals surface area contributed by atoms with Crippen LogP contribution in [0.15, 0.2) is 46.9 Å². The van der Waals surface area contributed by atoms with Gasteiger partial charge in [-0.05, 0) is 54.0 Å². The van der Waals surface area contributed by atoms with Crippen molar-refractivity contribution in [3.05, 3.63) is 58.1 Å². The lowest BCUT2D eigenvalue weighted by Gasteiger charge is -2.19. The number of nitriles is 1. The molecule has 21 heavy (non-hydrogen) atoms. The van der Waals surface area contributed by atoms with E-state index in [1.165, 1.54) is 0 Å². The number of ether oxygens (including phenoxy) is 1. The van der Waals surface area contributed by atoms with Crippen LogP contribution in [0.2, 0.25) is 0 Å². The molecule has 0 aliphatic rings. The number of hydrogen-bond donors (Lipinski definition) is 1. The maximum Gasteiger partial charge on any atom is 0.124 e. The normalized spacial score (nSPS) is 11.5. The first kappa shape index (κ1) is 15.4. The number of hydrogen-bond acceptors (Lipinski definition) is 3. The summed E-state index contributed by atoms with van der Waals surface area (Å²) >= 11 is 3.49. The predicted molar refractivity (Wildman–Crippen MR) is 88.5 cm³/mol. The van der Waals surface area contributed by atoms with E-state index in [2.05, 4.69) is 40.3 Å². The summed E-state index contributed by atoms with van der Waals surface area (Å²) in [6.45, 7) is 4.71. The minimum absolute atomic E-state index is 0.0944. The van der Waals surface area contributed by atoms with E-state index in [1.54, 1.807) is 6.07 Å². The summed E-state index contributed by atoms with van der Waals surface area (Å²) in [5.41, 5.74) is 2.69. The number of rotatable bonds is 5. The van der Waals surface area contributed by atoms with Gasteiger partial charge in [-0.1, -0.05) is 18.2 Å². The lowest BCUT2D eigenvalue weighted by atomic mass is 10.1. The van der Waals surface area contributed by atoms with E-state index in [9.17, 15) is 0 Å². The van der Waals surface area contributed by atoms with Crippen molar-refractivity contribution in [1.29, 1.82) is 5.26 Å². The Balaban J connectivity index is 2.22. The number of nitrogens with one attached hydrogen (secondary N) is 1. The zero-order valence-electron chi connectivity index (χ0n) is 12.1. The molecule has 2 aromatic rings. The second-order valence-electron chi connectivity index (χ2n) is 4.64.